The molecular formula is C13H25N3. The van der Waals surface area contributed by atoms with Crippen molar-refractivity contribution in [2.45, 2.75) is 47.5 Å². The van der Waals surface area contributed by atoms with Crippen molar-refractivity contribution in [2.24, 2.45) is 0 Å². The predicted molar refractivity (Wildman–Crippen MR) is 70.9 cm³/mol. The Labute approximate surface area is 99.9 Å². The molecular weight excluding hydrogens is 198 g/mol. The zero-order valence-corrected chi connectivity index (χ0v) is 11.3. The molecule has 0 radical (unpaired) electrons. The summed E-state index contributed by atoms with van der Waals surface area (Å²) >= 11 is 0. The number of aryl methyl sites for hydroxylation is 1. The molecule has 0 unspecified atom stereocenters. The third-order valence-corrected chi connectivity index (χ3v) is 2.25. The number of anilines is 1. The lowest BCUT2D eigenvalue weighted by molar-refractivity contribution is 0.772. The van der Waals surface area contributed by atoms with Crippen molar-refractivity contribution < 1.29 is 0 Å². The van der Waals surface area contributed by atoms with Gasteiger partial charge in [0.1, 0.15) is 5.82 Å². The predicted octanol–water partition coefficient (Wildman–Crippen LogP) is 3.30. The van der Waals surface area contributed by atoms with E-state index < -0.39 is 0 Å². The molecule has 92 valence electrons. The highest BCUT2D eigenvalue weighted by atomic mass is 15.2. The van der Waals surface area contributed by atoms with Gasteiger partial charge in [-0.25, -0.2) is 4.98 Å². The second kappa shape index (κ2) is 9.13. The van der Waals surface area contributed by atoms with Crippen molar-refractivity contribution in [2.75, 3.05) is 18.0 Å². The van der Waals surface area contributed by atoms with Gasteiger partial charge in [-0.05, 0) is 19.8 Å². The number of hydrogen-bond donors (Lipinski definition) is 0. The third kappa shape index (κ3) is 4.60. The Kier molecular flexibility index (Phi) is 8.49. The Balaban J connectivity index is 0.00000106. The molecule has 0 amide bonds. The first kappa shape index (κ1) is 14.9. The van der Waals surface area contributed by atoms with E-state index in [0.29, 0.717) is 0 Å². The molecule has 0 aliphatic carbocycles. The van der Waals surface area contributed by atoms with Crippen molar-refractivity contribution in [3.05, 3.63) is 18.1 Å². The van der Waals surface area contributed by atoms with Crippen LogP contribution < -0.4 is 4.90 Å². The monoisotopic (exact) mass is 223 g/mol. The van der Waals surface area contributed by atoms with Crippen LogP contribution in [0.5, 0.6) is 0 Å². The van der Waals surface area contributed by atoms with E-state index in [-0.39, 0.29) is 0 Å². The minimum atomic E-state index is 0.952. The molecule has 0 aromatic carbocycles. The normalized spacial score (nSPS) is 9.31. The zero-order chi connectivity index (χ0) is 12.4. The van der Waals surface area contributed by atoms with E-state index >= 15 is 0 Å². The minimum absolute atomic E-state index is 0.952. The Bertz CT molecular complexity index is 256. The van der Waals surface area contributed by atoms with E-state index in [1.807, 2.05) is 26.2 Å². The summed E-state index contributed by atoms with van der Waals surface area (Å²) in [6, 6.07) is 0. The zero-order valence-electron chi connectivity index (χ0n) is 11.3. The lowest BCUT2D eigenvalue weighted by atomic mass is 10.3. The molecule has 0 fully saturated rings. The van der Waals surface area contributed by atoms with Crippen molar-refractivity contribution in [3.63, 3.8) is 0 Å². The van der Waals surface area contributed by atoms with Crippen molar-refractivity contribution in [1.82, 2.24) is 9.97 Å². The van der Waals surface area contributed by atoms with Crippen LogP contribution in [0.3, 0.4) is 0 Å². The summed E-state index contributed by atoms with van der Waals surface area (Å²) in [7, 11) is 0. The number of nitrogens with zero attached hydrogens (tertiary/aromatic N) is 3. The van der Waals surface area contributed by atoms with Gasteiger partial charge in [-0.2, -0.15) is 0 Å². The fraction of sp³-hybridized carbons (Fsp3) is 0.692. The quantitative estimate of drug-likeness (QED) is 0.767. The van der Waals surface area contributed by atoms with Crippen LogP contribution in [0, 0.1) is 0 Å². The Morgan fingerprint density at radius 2 is 1.75 bits per heavy atom. The molecule has 3 heteroatoms. The number of aromatic nitrogens is 2. The highest BCUT2D eigenvalue weighted by Crippen LogP contribution is 2.09. The molecule has 0 N–H and O–H groups in total. The van der Waals surface area contributed by atoms with Crippen LogP contribution in [0.4, 0.5) is 5.82 Å². The van der Waals surface area contributed by atoms with Crippen molar-refractivity contribution in [3.8, 4) is 0 Å². The largest absolute Gasteiger partial charge is 0.356 e. The summed E-state index contributed by atoms with van der Waals surface area (Å²) < 4.78 is 0. The standard InChI is InChI=1S/C11H19N3.C2H6/c1-4-7-14(6-3)11-9-12-10(5-2)8-13-11;1-2/h8-9H,4-7H2,1-3H3;1-2H3. The molecule has 0 saturated carbocycles. The van der Waals surface area contributed by atoms with Crippen LogP contribution in [0.15, 0.2) is 12.4 Å². The molecule has 16 heavy (non-hydrogen) atoms. The van der Waals surface area contributed by atoms with Gasteiger partial charge in [-0.3, -0.25) is 4.98 Å². The van der Waals surface area contributed by atoms with E-state index in [1.165, 1.54) is 0 Å². The average Bonchev–Trinajstić information content (AvgIpc) is 2.38. The number of rotatable bonds is 5. The summed E-state index contributed by atoms with van der Waals surface area (Å²) in [5.74, 6) is 0.992. The van der Waals surface area contributed by atoms with Gasteiger partial charge >= 0.3 is 0 Å². The SMILES string of the molecule is CC.CCCN(CC)c1cnc(CC)cn1. The second-order valence-electron chi connectivity index (χ2n) is 3.30. The van der Waals surface area contributed by atoms with Gasteiger partial charge in [0, 0.05) is 13.1 Å². The van der Waals surface area contributed by atoms with E-state index in [4.69, 9.17) is 0 Å². The fourth-order valence-corrected chi connectivity index (χ4v) is 1.40. The molecule has 0 aliphatic heterocycles. The Morgan fingerprint density at radius 1 is 1.06 bits per heavy atom. The summed E-state index contributed by atoms with van der Waals surface area (Å²) in [6.45, 7) is 12.5. The van der Waals surface area contributed by atoms with Gasteiger partial charge in [0.15, 0.2) is 0 Å². The Morgan fingerprint density at radius 3 is 2.12 bits per heavy atom. The van der Waals surface area contributed by atoms with Gasteiger partial charge in [0.05, 0.1) is 18.1 Å². The third-order valence-electron chi connectivity index (χ3n) is 2.25. The highest BCUT2D eigenvalue weighted by molar-refractivity contribution is 5.35. The van der Waals surface area contributed by atoms with E-state index in [0.717, 1.165) is 37.4 Å². The molecule has 0 aliphatic rings. The molecule has 0 saturated heterocycles. The van der Waals surface area contributed by atoms with Gasteiger partial charge in [-0.15, -0.1) is 0 Å². The minimum Gasteiger partial charge on any atom is -0.356 e. The first-order valence-electron chi connectivity index (χ1n) is 6.37. The van der Waals surface area contributed by atoms with Crippen LogP contribution in [0.25, 0.3) is 0 Å². The van der Waals surface area contributed by atoms with E-state index in [9.17, 15) is 0 Å². The fourth-order valence-electron chi connectivity index (χ4n) is 1.40. The van der Waals surface area contributed by atoms with Crippen LogP contribution in [0.2, 0.25) is 0 Å². The van der Waals surface area contributed by atoms with Crippen LogP contribution >= 0.6 is 0 Å². The molecule has 1 rings (SSSR count). The maximum absolute atomic E-state index is 4.40. The average molecular weight is 223 g/mol. The maximum Gasteiger partial charge on any atom is 0.147 e. The molecule has 1 aromatic rings. The number of hydrogen-bond acceptors (Lipinski definition) is 3. The van der Waals surface area contributed by atoms with E-state index in [2.05, 4.69) is 35.6 Å². The van der Waals surface area contributed by atoms with Crippen LogP contribution in [-0.2, 0) is 6.42 Å². The topological polar surface area (TPSA) is 29.0 Å². The van der Waals surface area contributed by atoms with Crippen LogP contribution in [0.1, 0.15) is 46.7 Å². The summed E-state index contributed by atoms with van der Waals surface area (Å²) in [5, 5.41) is 0. The smallest absolute Gasteiger partial charge is 0.147 e. The van der Waals surface area contributed by atoms with Crippen LogP contribution in [-0.4, -0.2) is 23.1 Å². The van der Waals surface area contributed by atoms with Gasteiger partial charge in [0.2, 0.25) is 0 Å². The molecule has 0 bridgehead atoms. The molecule has 3 nitrogen and oxygen atoms in total. The van der Waals surface area contributed by atoms with Crippen molar-refractivity contribution in [1.29, 1.82) is 0 Å². The summed E-state index contributed by atoms with van der Waals surface area (Å²) in [4.78, 5) is 11.0. The lowest BCUT2D eigenvalue weighted by Gasteiger charge is -2.20. The second-order valence-corrected chi connectivity index (χ2v) is 3.30. The summed E-state index contributed by atoms with van der Waals surface area (Å²) in [6.07, 6.45) is 5.84. The first-order valence-corrected chi connectivity index (χ1v) is 6.37. The molecule has 0 atom stereocenters. The molecule has 1 heterocycles. The summed E-state index contributed by atoms with van der Waals surface area (Å²) in [5.41, 5.74) is 1.06. The molecule has 0 spiro atoms. The first-order chi connectivity index (χ1) is 7.81. The van der Waals surface area contributed by atoms with Gasteiger partial charge < -0.3 is 4.90 Å². The maximum atomic E-state index is 4.40. The van der Waals surface area contributed by atoms with Crippen molar-refractivity contribution >= 4 is 5.82 Å². The molecule has 1 aromatic heterocycles. The van der Waals surface area contributed by atoms with Gasteiger partial charge in [-0.1, -0.05) is 27.7 Å². The van der Waals surface area contributed by atoms with E-state index in [1.54, 1.807) is 0 Å². The Hall–Kier alpha value is -1.12. The van der Waals surface area contributed by atoms with Gasteiger partial charge in [0.25, 0.3) is 0 Å². The highest BCUT2D eigenvalue weighted by Gasteiger charge is 2.04. The lowest BCUT2D eigenvalue weighted by Crippen LogP contribution is -2.24.